The first-order valence-electron chi connectivity index (χ1n) is 7.86. The molecule has 1 heterocycles. The van der Waals surface area contributed by atoms with E-state index >= 15 is 0 Å². The van der Waals surface area contributed by atoms with Gasteiger partial charge in [-0.05, 0) is 32.0 Å². The Morgan fingerprint density at radius 2 is 2.08 bits per heavy atom. The monoisotopic (exact) mass is 347 g/mol. The van der Waals surface area contributed by atoms with Crippen molar-refractivity contribution < 1.29 is 19.1 Å². The van der Waals surface area contributed by atoms with Gasteiger partial charge in [-0.25, -0.2) is 9.37 Å². The van der Waals surface area contributed by atoms with Crippen molar-refractivity contribution in [3.63, 3.8) is 0 Å². The van der Waals surface area contributed by atoms with Gasteiger partial charge in [-0.2, -0.15) is 0 Å². The van der Waals surface area contributed by atoms with Crippen LogP contribution >= 0.6 is 0 Å². The molecule has 134 valence electrons. The standard InChI is InChI=1S/C18H22FN3O3/c1-12-8-9-15(17(22-23)20-13(2)10-24-3)18(21-12)25-11-14-6-4-5-7-16(14)19/h4-9,13,23H,10-11H2,1-3H3,(H,20,22). The van der Waals surface area contributed by atoms with E-state index in [0.717, 1.165) is 5.69 Å². The second-order valence-electron chi connectivity index (χ2n) is 5.58. The molecule has 0 fully saturated rings. The van der Waals surface area contributed by atoms with Crippen LogP contribution in [0.1, 0.15) is 23.7 Å². The summed E-state index contributed by atoms with van der Waals surface area (Å²) in [6.07, 6.45) is 0. The highest BCUT2D eigenvalue weighted by Gasteiger charge is 2.14. The number of nitrogens with one attached hydrogen (secondary N) is 1. The van der Waals surface area contributed by atoms with E-state index in [2.05, 4.69) is 15.5 Å². The highest BCUT2D eigenvalue weighted by molar-refractivity contribution is 6.00. The number of ether oxygens (including phenoxy) is 2. The molecule has 0 aliphatic carbocycles. The maximum absolute atomic E-state index is 13.8. The van der Waals surface area contributed by atoms with E-state index in [-0.39, 0.29) is 30.2 Å². The minimum Gasteiger partial charge on any atom is -0.472 e. The van der Waals surface area contributed by atoms with Crippen molar-refractivity contribution in [2.75, 3.05) is 13.7 Å². The van der Waals surface area contributed by atoms with Crippen molar-refractivity contribution in [2.24, 2.45) is 4.99 Å². The average molecular weight is 347 g/mol. The van der Waals surface area contributed by atoms with Crippen LogP contribution in [0.4, 0.5) is 4.39 Å². The first kappa shape index (κ1) is 18.8. The summed E-state index contributed by atoms with van der Waals surface area (Å²) in [4.78, 5) is 8.69. The smallest absolute Gasteiger partial charge is 0.225 e. The fourth-order valence-electron chi connectivity index (χ4n) is 2.24. The molecule has 0 spiro atoms. The number of methoxy groups -OCH3 is 1. The van der Waals surface area contributed by atoms with Crippen molar-refractivity contribution >= 4 is 5.84 Å². The fraction of sp³-hybridized carbons (Fsp3) is 0.333. The number of nitrogens with zero attached hydrogens (tertiary/aromatic N) is 2. The molecule has 0 bridgehead atoms. The Balaban J connectivity index is 2.28. The molecular formula is C18H22FN3O3. The number of hydrogen-bond donors (Lipinski definition) is 2. The molecule has 2 rings (SSSR count). The molecule has 2 aromatic rings. The maximum atomic E-state index is 13.8. The average Bonchev–Trinajstić information content (AvgIpc) is 2.59. The van der Waals surface area contributed by atoms with Crippen LogP contribution in [0, 0.1) is 12.7 Å². The molecule has 0 amide bonds. The quantitative estimate of drug-likeness (QED) is 0.458. The minimum absolute atomic E-state index is 0.0163. The second-order valence-corrected chi connectivity index (χ2v) is 5.58. The number of aromatic nitrogens is 1. The van der Waals surface area contributed by atoms with E-state index in [1.165, 1.54) is 6.07 Å². The van der Waals surface area contributed by atoms with Crippen LogP contribution in [0.25, 0.3) is 0 Å². The number of aliphatic imine (C=N–C) groups is 1. The molecule has 25 heavy (non-hydrogen) atoms. The van der Waals surface area contributed by atoms with Gasteiger partial charge in [-0.15, -0.1) is 0 Å². The number of halogens is 1. The summed E-state index contributed by atoms with van der Waals surface area (Å²) in [6.45, 7) is 4.08. The highest BCUT2D eigenvalue weighted by Crippen LogP contribution is 2.19. The first-order valence-corrected chi connectivity index (χ1v) is 7.86. The zero-order valence-electron chi connectivity index (χ0n) is 14.5. The van der Waals surface area contributed by atoms with Gasteiger partial charge in [0.2, 0.25) is 5.88 Å². The molecule has 1 atom stereocenters. The van der Waals surface area contributed by atoms with Crippen LogP contribution in [0.3, 0.4) is 0 Å². The van der Waals surface area contributed by atoms with E-state index in [0.29, 0.717) is 17.7 Å². The largest absolute Gasteiger partial charge is 0.472 e. The Kier molecular flexibility index (Phi) is 6.85. The number of rotatable bonds is 7. The lowest BCUT2D eigenvalue weighted by Crippen LogP contribution is -2.25. The third kappa shape index (κ3) is 5.23. The molecule has 0 radical (unpaired) electrons. The van der Waals surface area contributed by atoms with Crippen molar-refractivity contribution in [2.45, 2.75) is 26.5 Å². The van der Waals surface area contributed by atoms with Gasteiger partial charge in [-0.1, -0.05) is 18.2 Å². The normalized spacial score (nSPS) is 12.8. The van der Waals surface area contributed by atoms with Gasteiger partial charge in [-0.3, -0.25) is 15.7 Å². The van der Waals surface area contributed by atoms with E-state index in [9.17, 15) is 9.60 Å². The number of benzene rings is 1. The lowest BCUT2D eigenvalue weighted by atomic mass is 10.2. The molecule has 1 aromatic heterocycles. The van der Waals surface area contributed by atoms with Crippen LogP contribution in [-0.4, -0.2) is 35.8 Å². The molecule has 0 aliphatic rings. The zero-order valence-corrected chi connectivity index (χ0v) is 14.5. The summed E-state index contributed by atoms with van der Waals surface area (Å²) in [5, 5.41) is 9.45. The fourth-order valence-corrected chi connectivity index (χ4v) is 2.24. The third-order valence-corrected chi connectivity index (χ3v) is 3.44. The van der Waals surface area contributed by atoms with Crippen LogP contribution in [0.15, 0.2) is 41.4 Å². The van der Waals surface area contributed by atoms with Gasteiger partial charge in [0.05, 0.1) is 18.2 Å². The molecule has 0 aliphatic heterocycles. The predicted octanol–water partition coefficient (Wildman–Crippen LogP) is 2.87. The van der Waals surface area contributed by atoms with E-state index in [4.69, 9.17) is 9.47 Å². The Labute approximate surface area is 146 Å². The number of hydrogen-bond acceptors (Lipinski definition) is 5. The Bertz CT molecular complexity index is 737. The second kappa shape index (κ2) is 9.10. The molecule has 1 aromatic carbocycles. The summed E-state index contributed by atoms with van der Waals surface area (Å²) < 4.78 is 24.5. The highest BCUT2D eigenvalue weighted by atomic mass is 19.1. The van der Waals surface area contributed by atoms with E-state index < -0.39 is 0 Å². The Hall–Kier alpha value is -2.51. The zero-order chi connectivity index (χ0) is 18.2. The van der Waals surface area contributed by atoms with Crippen LogP contribution in [0.2, 0.25) is 0 Å². The first-order chi connectivity index (χ1) is 12.0. The van der Waals surface area contributed by atoms with Gasteiger partial charge in [0.1, 0.15) is 12.4 Å². The Morgan fingerprint density at radius 3 is 2.76 bits per heavy atom. The predicted molar refractivity (Wildman–Crippen MR) is 92.5 cm³/mol. The molecule has 6 nitrogen and oxygen atoms in total. The van der Waals surface area contributed by atoms with Crippen molar-refractivity contribution in [3.8, 4) is 5.88 Å². The molecule has 0 saturated heterocycles. The number of aryl methyl sites for hydroxylation is 1. The van der Waals surface area contributed by atoms with Gasteiger partial charge in [0.25, 0.3) is 0 Å². The summed E-state index contributed by atoms with van der Waals surface area (Å²) in [5.74, 6) is 0.119. The topological polar surface area (TPSA) is 76.0 Å². The van der Waals surface area contributed by atoms with Crippen molar-refractivity contribution in [1.82, 2.24) is 10.5 Å². The van der Waals surface area contributed by atoms with Gasteiger partial charge < -0.3 is 9.47 Å². The number of pyridine rings is 1. The molecule has 2 N–H and O–H groups in total. The number of hydroxylamine groups is 1. The van der Waals surface area contributed by atoms with E-state index in [1.807, 2.05) is 13.8 Å². The lowest BCUT2D eigenvalue weighted by molar-refractivity contribution is 0.184. The van der Waals surface area contributed by atoms with Gasteiger partial charge >= 0.3 is 0 Å². The summed E-state index contributed by atoms with van der Waals surface area (Å²) in [5.41, 5.74) is 3.70. The lowest BCUT2D eigenvalue weighted by Gasteiger charge is -2.14. The minimum atomic E-state index is -0.348. The van der Waals surface area contributed by atoms with Crippen molar-refractivity contribution in [1.29, 1.82) is 0 Å². The number of amidine groups is 1. The molecule has 7 heteroatoms. The SMILES string of the molecule is COCC(C)N=C(NO)c1ccc(C)nc1OCc1ccccc1F. The van der Waals surface area contributed by atoms with Gasteiger partial charge in [0.15, 0.2) is 5.84 Å². The van der Waals surface area contributed by atoms with Crippen LogP contribution < -0.4 is 10.2 Å². The Morgan fingerprint density at radius 1 is 1.32 bits per heavy atom. The van der Waals surface area contributed by atoms with Crippen molar-refractivity contribution in [3.05, 3.63) is 59.0 Å². The maximum Gasteiger partial charge on any atom is 0.225 e. The van der Waals surface area contributed by atoms with Crippen LogP contribution in [0.5, 0.6) is 5.88 Å². The summed E-state index contributed by atoms with van der Waals surface area (Å²) in [7, 11) is 1.58. The van der Waals surface area contributed by atoms with Crippen LogP contribution in [-0.2, 0) is 11.3 Å². The molecule has 1 unspecified atom stereocenters. The van der Waals surface area contributed by atoms with E-state index in [1.54, 1.807) is 37.4 Å². The molecule has 0 saturated carbocycles. The summed E-state index contributed by atoms with van der Waals surface area (Å²) >= 11 is 0. The molecular weight excluding hydrogens is 325 g/mol. The summed E-state index contributed by atoms with van der Waals surface area (Å²) in [6, 6.07) is 9.70. The third-order valence-electron chi connectivity index (χ3n) is 3.44. The van der Waals surface area contributed by atoms with Gasteiger partial charge in [0, 0.05) is 18.4 Å².